The molecule has 1 aromatic carbocycles. The minimum absolute atomic E-state index is 0.00268. The van der Waals surface area contributed by atoms with Crippen molar-refractivity contribution in [1.29, 1.82) is 0 Å². The molecule has 4 aromatic rings. The van der Waals surface area contributed by atoms with Crippen molar-refractivity contribution in [3.8, 4) is 11.1 Å². The Morgan fingerprint density at radius 1 is 0.830 bits per heavy atom. The van der Waals surface area contributed by atoms with Crippen LogP contribution in [0.1, 0.15) is 73.6 Å². The van der Waals surface area contributed by atoms with E-state index in [1.54, 1.807) is 98.0 Å². The Morgan fingerprint density at radius 2 is 1.45 bits per heavy atom. The molecule has 282 valence electrons. The number of anilines is 4. The number of benzene rings is 1. The number of hydrogen-bond acceptors (Lipinski definition) is 11. The van der Waals surface area contributed by atoms with Crippen molar-refractivity contribution in [1.82, 2.24) is 24.6 Å². The third-order valence-electron chi connectivity index (χ3n) is 7.69. The van der Waals surface area contributed by atoms with E-state index >= 15 is 4.39 Å². The molecule has 0 fully saturated rings. The van der Waals surface area contributed by atoms with E-state index in [1.165, 1.54) is 18.6 Å². The predicted molar refractivity (Wildman–Crippen MR) is 196 cm³/mol. The lowest BCUT2D eigenvalue weighted by Crippen LogP contribution is -2.44. The molecule has 0 saturated heterocycles. The summed E-state index contributed by atoms with van der Waals surface area (Å²) in [5, 5.41) is 10.9. The molecule has 3 aromatic heterocycles. The molecule has 53 heavy (non-hydrogen) atoms. The number of carbonyl (C=O) groups is 4. The maximum Gasteiger partial charge on any atom is 0.424 e. The van der Waals surface area contributed by atoms with Crippen LogP contribution in [-0.4, -0.2) is 72.7 Å². The molecule has 1 aliphatic heterocycles. The van der Waals surface area contributed by atoms with Crippen molar-refractivity contribution in [2.45, 2.75) is 99.1 Å². The number of hydrogen-bond donors (Lipinski definition) is 2. The van der Waals surface area contributed by atoms with E-state index < -0.39 is 40.9 Å². The summed E-state index contributed by atoms with van der Waals surface area (Å²) in [5.74, 6) is -0.117. The molecule has 4 heterocycles. The molecule has 5 rings (SSSR count). The number of imide groups is 1. The Bertz CT molecular complexity index is 2080. The Hall–Kier alpha value is -5.80. The summed E-state index contributed by atoms with van der Waals surface area (Å²) in [7, 11) is 1.72. The predicted octanol–water partition coefficient (Wildman–Crippen LogP) is 7.68. The first-order valence-corrected chi connectivity index (χ1v) is 16.9. The minimum Gasteiger partial charge on any atom is -0.444 e. The van der Waals surface area contributed by atoms with Gasteiger partial charge in [0.05, 0.1) is 29.8 Å². The van der Waals surface area contributed by atoms with Crippen molar-refractivity contribution >= 4 is 58.0 Å². The van der Waals surface area contributed by atoms with Gasteiger partial charge in [-0.3, -0.25) is 19.8 Å². The summed E-state index contributed by atoms with van der Waals surface area (Å²) in [6.07, 6.45) is 1.14. The Balaban J connectivity index is 1.64. The van der Waals surface area contributed by atoms with Crippen LogP contribution in [0.5, 0.6) is 0 Å². The lowest BCUT2D eigenvalue weighted by atomic mass is 9.97. The maximum atomic E-state index is 16.8. The molecule has 15 nitrogen and oxygen atoms in total. The number of rotatable bonds is 5. The largest absolute Gasteiger partial charge is 0.444 e. The van der Waals surface area contributed by atoms with Crippen LogP contribution < -0.4 is 15.5 Å². The number of likely N-dealkylation sites (N-methyl/N-ethyl adjacent to an activating group) is 1. The van der Waals surface area contributed by atoms with Gasteiger partial charge in [0, 0.05) is 42.0 Å². The molecule has 16 heteroatoms. The number of pyridine rings is 2. The number of carbonyl (C=O) groups excluding carboxylic acids is 4. The lowest BCUT2D eigenvalue weighted by Gasteiger charge is -2.29. The second-order valence-electron chi connectivity index (χ2n) is 15.7. The maximum absolute atomic E-state index is 16.8. The van der Waals surface area contributed by atoms with Gasteiger partial charge in [0.15, 0.2) is 11.6 Å². The SMILES string of the molecule is Cc1c(-c2cc3cc(Nc4cc5n(n4)CC(=O)N(C)C5)ncc3c(NC(=O)OC(C)(C)C)c2F)cncc1N(C(=O)OC(C)(C)C)C(=O)OC(C)(C)C. The first-order chi connectivity index (χ1) is 24.5. The molecule has 0 radical (unpaired) electrons. The molecule has 4 amide bonds. The minimum atomic E-state index is -1.01. The molecule has 1 aliphatic rings. The van der Waals surface area contributed by atoms with Crippen LogP contribution in [-0.2, 0) is 32.1 Å². The van der Waals surface area contributed by atoms with E-state index in [0.717, 1.165) is 10.6 Å². The van der Waals surface area contributed by atoms with E-state index in [-0.39, 0.29) is 45.9 Å². The number of nitrogens with zero attached hydrogens (tertiary/aromatic N) is 6. The van der Waals surface area contributed by atoms with E-state index in [0.29, 0.717) is 23.6 Å². The first-order valence-electron chi connectivity index (χ1n) is 16.9. The fraction of sp³-hybridized carbons (Fsp3) is 0.432. The topological polar surface area (TPSA) is 170 Å². The zero-order valence-corrected chi connectivity index (χ0v) is 31.8. The van der Waals surface area contributed by atoms with Gasteiger partial charge in [-0.1, -0.05) is 0 Å². The highest BCUT2D eigenvalue weighted by atomic mass is 19.1. The van der Waals surface area contributed by atoms with Crippen LogP contribution in [0.15, 0.2) is 36.8 Å². The fourth-order valence-electron chi connectivity index (χ4n) is 5.45. The number of halogens is 1. The zero-order chi connectivity index (χ0) is 39.2. The van der Waals surface area contributed by atoms with Crippen LogP contribution >= 0.6 is 0 Å². The van der Waals surface area contributed by atoms with E-state index in [1.807, 2.05) is 6.07 Å². The van der Waals surface area contributed by atoms with Crippen LogP contribution in [0.3, 0.4) is 0 Å². The lowest BCUT2D eigenvalue weighted by molar-refractivity contribution is -0.132. The average Bonchev–Trinajstić information content (AvgIpc) is 3.37. The number of amides is 4. The smallest absolute Gasteiger partial charge is 0.424 e. The summed E-state index contributed by atoms with van der Waals surface area (Å²) < 4.78 is 35.0. The van der Waals surface area contributed by atoms with Crippen LogP contribution in [0.2, 0.25) is 0 Å². The summed E-state index contributed by atoms with van der Waals surface area (Å²) >= 11 is 0. The van der Waals surface area contributed by atoms with Crippen LogP contribution in [0.25, 0.3) is 21.9 Å². The van der Waals surface area contributed by atoms with Crippen molar-refractivity contribution < 1.29 is 37.8 Å². The van der Waals surface area contributed by atoms with E-state index in [2.05, 4.69) is 25.7 Å². The highest BCUT2D eigenvalue weighted by Crippen LogP contribution is 2.39. The van der Waals surface area contributed by atoms with Gasteiger partial charge in [-0.2, -0.15) is 10.00 Å². The molecule has 0 saturated carbocycles. The Morgan fingerprint density at radius 3 is 2.06 bits per heavy atom. The standard InChI is InChI=1S/C37H45FN8O7/c1-20-24(15-39-17-26(20)46(33(49)52-36(5,6)7)34(50)53-37(8,9)10)23-12-21-13-27(41-28-14-22-18-44(11)29(47)19-45(22)43-28)40-16-25(21)31(30(23)38)42-32(48)51-35(2,3)4/h12-17H,18-19H2,1-11H3,(H,42,48)(H,40,41,43). The summed E-state index contributed by atoms with van der Waals surface area (Å²) in [6.45, 7) is 17.1. The summed E-state index contributed by atoms with van der Waals surface area (Å²) in [5.41, 5.74) is -1.73. The zero-order valence-electron chi connectivity index (χ0n) is 31.8. The van der Waals surface area contributed by atoms with Gasteiger partial charge in [0.25, 0.3) is 0 Å². The molecule has 0 bridgehead atoms. The van der Waals surface area contributed by atoms with Crippen molar-refractivity contribution in [3.63, 3.8) is 0 Å². The fourth-order valence-corrected chi connectivity index (χ4v) is 5.45. The number of ether oxygens (including phenoxy) is 3. The van der Waals surface area contributed by atoms with Gasteiger partial charge < -0.3 is 24.4 Å². The number of aromatic nitrogens is 4. The van der Waals surface area contributed by atoms with Crippen molar-refractivity contribution in [2.75, 3.05) is 22.6 Å². The second-order valence-corrected chi connectivity index (χ2v) is 15.7. The molecular weight excluding hydrogens is 687 g/mol. The Kier molecular flexibility index (Phi) is 10.1. The molecular formula is C37H45FN8O7. The van der Waals surface area contributed by atoms with Crippen molar-refractivity contribution in [3.05, 3.63) is 53.9 Å². The molecule has 0 atom stereocenters. The number of nitrogens with one attached hydrogen (secondary N) is 2. The van der Waals surface area contributed by atoms with E-state index in [9.17, 15) is 19.2 Å². The van der Waals surface area contributed by atoms with Gasteiger partial charge in [0.2, 0.25) is 5.91 Å². The first kappa shape index (κ1) is 38.4. The summed E-state index contributed by atoms with van der Waals surface area (Å²) in [4.78, 5) is 63.3. The third kappa shape index (κ3) is 8.99. The van der Waals surface area contributed by atoms with Gasteiger partial charge in [-0.05, 0) is 92.3 Å². The summed E-state index contributed by atoms with van der Waals surface area (Å²) in [6, 6.07) is 5.00. The van der Waals surface area contributed by atoms with Gasteiger partial charge in [0.1, 0.15) is 29.2 Å². The second kappa shape index (κ2) is 14.0. The van der Waals surface area contributed by atoms with Crippen molar-refractivity contribution in [2.24, 2.45) is 0 Å². The van der Waals surface area contributed by atoms with Gasteiger partial charge in [-0.15, -0.1) is 0 Å². The Labute approximate surface area is 306 Å². The molecule has 2 N–H and O–H groups in total. The van der Waals surface area contributed by atoms with E-state index in [4.69, 9.17) is 14.2 Å². The highest BCUT2D eigenvalue weighted by molar-refractivity contribution is 6.11. The monoisotopic (exact) mass is 732 g/mol. The molecule has 0 aliphatic carbocycles. The van der Waals surface area contributed by atoms with Gasteiger partial charge >= 0.3 is 18.3 Å². The normalized spacial score (nSPS) is 13.4. The molecule has 0 spiro atoms. The highest BCUT2D eigenvalue weighted by Gasteiger charge is 2.35. The number of fused-ring (bicyclic) bond motifs is 2. The average molecular weight is 733 g/mol. The quantitative estimate of drug-likeness (QED) is 0.193. The molecule has 0 unspecified atom stereocenters. The van der Waals surface area contributed by atoms with Gasteiger partial charge in [-0.25, -0.2) is 23.8 Å². The third-order valence-corrected chi connectivity index (χ3v) is 7.69. The van der Waals surface area contributed by atoms with Crippen LogP contribution in [0, 0.1) is 12.7 Å². The van der Waals surface area contributed by atoms with Crippen LogP contribution in [0.4, 0.5) is 41.8 Å².